The maximum Gasteiger partial charge on any atom is 0.270 e. The van der Waals surface area contributed by atoms with Crippen molar-refractivity contribution in [3.63, 3.8) is 0 Å². The lowest BCUT2D eigenvalue weighted by Gasteiger charge is -2.01. The van der Waals surface area contributed by atoms with Crippen LogP contribution in [0, 0.1) is 13.8 Å². The first-order valence-electron chi connectivity index (χ1n) is 5.40. The predicted molar refractivity (Wildman–Crippen MR) is 66.4 cm³/mol. The van der Waals surface area contributed by atoms with E-state index in [1.54, 1.807) is 18.2 Å². The molecule has 0 atom stereocenters. The van der Waals surface area contributed by atoms with Crippen molar-refractivity contribution in [3.05, 3.63) is 46.4 Å². The molecule has 0 saturated carbocycles. The molecule has 2 rings (SSSR count). The van der Waals surface area contributed by atoms with Crippen molar-refractivity contribution in [2.24, 2.45) is 0 Å². The molecule has 0 unspecified atom stereocenters. The van der Waals surface area contributed by atoms with Gasteiger partial charge in [0.15, 0.2) is 0 Å². The first kappa shape index (κ1) is 12.6. The third-order valence-corrected chi connectivity index (χ3v) is 2.63. The highest BCUT2D eigenvalue weighted by Gasteiger charge is 2.10. The second-order valence-corrected chi connectivity index (χ2v) is 4.16. The molecular weight excluding hydrogens is 254 g/mol. The number of halogens is 1. The van der Waals surface area contributed by atoms with Gasteiger partial charge in [0.2, 0.25) is 5.89 Å². The first-order chi connectivity index (χ1) is 8.56. The molecule has 0 spiro atoms. The fraction of sp³-hybridized carbons (Fsp3) is 0.250. The Hall–Kier alpha value is -1.88. The van der Waals surface area contributed by atoms with Crippen molar-refractivity contribution < 1.29 is 9.21 Å². The first-order valence-corrected chi connectivity index (χ1v) is 5.77. The predicted octanol–water partition coefficient (Wildman–Crippen LogP) is 2.27. The molecule has 1 amide bonds. The summed E-state index contributed by atoms with van der Waals surface area (Å²) in [5.74, 6) is 0.909. The normalized spacial score (nSPS) is 10.4. The van der Waals surface area contributed by atoms with E-state index in [2.05, 4.69) is 15.3 Å². The highest BCUT2D eigenvalue weighted by molar-refractivity contribution is 6.29. The number of pyridine rings is 1. The number of aromatic nitrogens is 2. The summed E-state index contributed by atoms with van der Waals surface area (Å²) in [5.41, 5.74) is 1.09. The van der Waals surface area contributed by atoms with E-state index < -0.39 is 0 Å². The number of nitrogens with zero attached hydrogens (tertiary/aromatic N) is 2. The van der Waals surface area contributed by atoms with Crippen LogP contribution >= 0.6 is 11.6 Å². The third-order valence-electron chi connectivity index (χ3n) is 2.42. The zero-order valence-corrected chi connectivity index (χ0v) is 10.8. The molecule has 0 aliphatic carbocycles. The number of hydrogen-bond acceptors (Lipinski definition) is 4. The molecule has 5 nitrogen and oxygen atoms in total. The number of carbonyl (C=O) groups is 1. The smallest absolute Gasteiger partial charge is 0.270 e. The van der Waals surface area contributed by atoms with E-state index in [-0.39, 0.29) is 23.3 Å². The molecule has 94 valence electrons. The van der Waals surface area contributed by atoms with Gasteiger partial charge in [-0.2, -0.15) is 0 Å². The molecule has 0 bridgehead atoms. The molecule has 0 fully saturated rings. The zero-order chi connectivity index (χ0) is 13.1. The molecule has 0 aliphatic rings. The van der Waals surface area contributed by atoms with Crippen LogP contribution in [-0.2, 0) is 6.54 Å². The standard InChI is InChI=1S/C12H12ClN3O2/c1-7-8(2)18-11(15-7)6-14-12(17)9-4-3-5-10(13)16-9/h3-5H,6H2,1-2H3,(H,14,17). The quantitative estimate of drug-likeness (QED) is 0.865. The van der Waals surface area contributed by atoms with Crippen LogP contribution in [0.25, 0.3) is 0 Å². The average molecular weight is 266 g/mol. The summed E-state index contributed by atoms with van der Waals surface area (Å²) in [6.45, 7) is 3.90. The van der Waals surface area contributed by atoms with Crippen molar-refractivity contribution in [2.45, 2.75) is 20.4 Å². The SMILES string of the molecule is Cc1nc(CNC(=O)c2cccc(Cl)n2)oc1C. The Morgan fingerprint density at radius 2 is 2.17 bits per heavy atom. The van der Waals surface area contributed by atoms with Crippen LogP contribution in [0.5, 0.6) is 0 Å². The van der Waals surface area contributed by atoms with Gasteiger partial charge >= 0.3 is 0 Å². The summed E-state index contributed by atoms with van der Waals surface area (Å²) in [7, 11) is 0. The fourth-order valence-corrected chi connectivity index (χ4v) is 1.56. The van der Waals surface area contributed by atoms with Gasteiger partial charge in [0, 0.05) is 0 Å². The molecule has 6 heteroatoms. The number of hydrogen-bond donors (Lipinski definition) is 1. The summed E-state index contributed by atoms with van der Waals surface area (Å²) < 4.78 is 5.35. The van der Waals surface area contributed by atoms with E-state index in [9.17, 15) is 4.79 Å². The second-order valence-electron chi connectivity index (χ2n) is 3.78. The van der Waals surface area contributed by atoms with E-state index >= 15 is 0 Å². The Bertz CT molecular complexity index is 561. The molecule has 1 N–H and O–H groups in total. The van der Waals surface area contributed by atoms with Crippen LogP contribution < -0.4 is 5.32 Å². The molecule has 0 radical (unpaired) electrons. The van der Waals surface area contributed by atoms with Crippen molar-refractivity contribution >= 4 is 17.5 Å². The zero-order valence-electron chi connectivity index (χ0n) is 10.0. The van der Waals surface area contributed by atoms with Crippen LogP contribution in [0.2, 0.25) is 5.15 Å². The van der Waals surface area contributed by atoms with E-state index in [1.165, 1.54) is 0 Å². The number of oxazole rings is 1. The van der Waals surface area contributed by atoms with Gasteiger partial charge in [0.25, 0.3) is 5.91 Å². The Balaban J connectivity index is 2.00. The van der Waals surface area contributed by atoms with Gasteiger partial charge in [-0.3, -0.25) is 4.79 Å². The molecule has 0 saturated heterocycles. The Morgan fingerprint density at radius 3 is 2.78 bits per heavy atom. The van der Waals surface area contributed by atoms with Crippen molar-refractivity contribution in [1.82, 2.24) is 15.3 Å². The van der Waals surface area contributed by atoms with Gasteiger partial charge in [-0.25, -0.2) is 9.97 Å². The largest absolute Gasteiger partial charge is 0.444 e. The van der Waals surface area contributed by atoms with Gasteiger partial charge in [0.05, 0.1) is 12.2 Å². The van der Waals surface area contributed by atoms with Gasteiger partial charge in [-0.15, -0.1) is 0 Å². The fourth-order valence-electron chi connectivity index (χ4n) is 1.40. The Labute approximate surface area is 109 Å². The van der Waals surface area contributed by atoms with E-state index in [0.717, 1.165) is 11.5 Å². The Kier molecular flexibility index (Phi) is 3.62. The van der Waals surface area contributed by atoms with E-state index in [4.69, 9.17) is 16.0 Å². The van der Waals surface area contributed by atoms with Crippen molar-refractivity contribution in [3.8, 4) is 0 Å². The summed E-state index contributed by atoms with van der Waals surface area (Å²) in [5, 5.41) is 2.95. The van der Waals surface area contributed by atoms with Crippen molar-refractivity contribution in [2.75, 3.05) is 0 Å². The van der Waals surface area contributed by atoms with Crippen LogP contribution in [-0.4, -0.2) is 15.9 Å². The number of nitrogens with one attached hydrogen (secondary N) is 1. The summed E-state index contributed by atoms with van der Waals surface area (Å²) >= 11 is 5.71. The van der Waals surface area contributed by atoms with Gasteiger partial charge in [-0.05, 0) is 26.0 Å². The monoisotopic (exact) mass is 265 g/mol. The molecule has 2 aromatic heterocycles. The molecule has 18 heavy (non-hydrogen) atoms. The summed E-state index contributed by atoms with van der Waals surface area (Å²) in [6.07, 6.45) is 0. The number of aryl methyl sites for hydroxylation is 2. The van der Waals surface area contributed by atoms with Crippen LogP contribution in [0.3, 0.4) is 0 Å². The third kappa shape index (κ3) is 2.87. The minimum atomic E-state index is -0.314. The van der Waals surface area contributed by atoms with Crippen molar-refractivity contribution in [1.29, 1.82) is 0 Å². The van der Waals surface area contributed by atoms with E-state index in [0.29, 0.717) is 5.89 Å². The van der Waals surface area contributed by atoms with Gasteiger partial charge in [-0.1, -0.05) is 17.7 Å². The number of amides is 1. The maximum atomic E-state index is 11.8. The van der Waals surface area contributed by atoms with Crippen LogP contribution in [0.15, 0.2) is 22.6 Å². The molecule has 2 aromatic rings. The van der Waals surface area contributed by atoms with Crippen LogP contribution in [0.4, 0.5) is 0 Å². The molecule has 0 aromatic carbocycles. The lowest BCUT2D eigenvalue weighted by atomic mass is 10.3. The number of rotatable bonds is 3. The molecule has 2 heterocycles. The highest BCUT2D eigenvalue weighted by atomic mass is 35.5. The van der Waals surface area contributed by atoms with E-state index in [1.807, 2.05) is 13.8 Å². The minimum Gasteiger partial charge on any atom is -0.444 e. The van der Waals surface area contributed by atoms with Gasteiger partial charge < -0.3 is 9.73 Å². The second kappa shape index (κ2) is 5.18. The number of carbonyl (C=O) groups excluding carboxylic acids is 1. The van der Waals surface area contributed by atoms with Gasteiger partial charge in [0.1, 0.15) is 16.6 Å². The Morgan fingerprint density at radius 1 is 1.39 bits per heavy atom. The maximum absolute atomic E-state index is 11.8. The lowest BCUT2D eigenvalue weighted by molar-refractivity contribution is 0.0942. The summed E-state index contributed by atoms with van der Waals surface area (Å²) in [6, 6.07) is 4.87. The van der Waals surface area contributed by atoms with Crippen LogP contribution in [0.1, 0.15) is 27.8 Å². The molecule has 0 aliphatic heterocycles. The molecular formula is C12H12ClN3O2. The lowest BCUT2D eigenvalue weighted by Crippen LogP contribution is -2.23. The highest BCUT2D eigenvalue weighted by Crippen LogP contribution is 2.08. The topological polar surface area (TPSA) is 68.0 Å². The average Bonchev–Trinajstić information content (AvgIpc) is 2.66. The summed E-state index contributed by atoms with van der Waals surface area (Å²) in [4.78, 5) is 19.8. The minimum absolute atomic E-state index is 0.224.